The second-order valence-electron chi connectivity index (χ2n) is 2.86. The topological polar surface area (TPSA) is 78.2 Å². The molecule has 2 atom stereocenters. The molecule has 0 saturated heterocycles. The number of rotatable bonds is 2. The van der Waals surface area contributed by atoms with E-state index in [1.54, 1.807) is 6.07 Å². The molecular weight excluding hydrogens is 166 g/mol. The highest BCUT2D eigenvalue weighted by Gasteiger charge is 2.62. The van der Waals surface area contributed by atoms with Crippen molar-refractivity contribution in [1.29, 1.82) is 5.26 Å². The first-order chi connectivity index (χ1) is 4.98. The van der Waals surface area contributed by atoms with E-state index in [4.69, 9.17) is 10.4 Å². The summed E-state index contributed by atoms with van der Waals surface area (Å²) in [5.41, 5.74) is 0. The zero-order chi connectivity index (χ0) is 8.70. The Morgan fingerprint density at radius 1 is 1.82 bits per heavy atom. The van der Waals surface area contributed by atoms with Gasteiger partial charge in [-0.1, -0.05) is 0 Å². The second kappa shape index (κ2) is 2.19. The molecule has 1 aliphatic rings. The first-order valence-electron chi connectivity index (χ1n) is 3.19. The Hall–Kier alpha value is -0.600. The summed E-state index contributed by atoms with van der Waals surface area (Å²) < 4.78 is 20.7. The molecule has 5 heteroatoms. The van der Waals surface area contributed by atoms with Crippen LogP contribution in [0.4, 0.5) is 0 Å². The number of nitrogens with zero attached hydrogens (tertiary/aromatic N) is 1. The third kappa shape index (κ3) is 1.03. The smallest absolute Gasteiger partial charge is 0.166 e. The zero-order valence-corrected chi connectivity index (χ0v) is 6.93. The predicted octanol–water partition coefficient (Wildman–Crippen LogP) is -0.694. The summed E-state index contributed by atoms with van der Waals surface area (Å²) in [6.45, 7) is -0.222. The number of hydrogen-bond donors (Lipinski definition) is 1. The van der Waals surface area contributed by atoms with Gasteiger partial charge in [-0.2, -0.15) is 5.26 Å². The van der Waals surface area contributed by atoms with Crippen molar-refractivity contribution in [1.82, 2.24) is 0 Å². The molecular formula is C6H9NO3S. The molecule has 1 fully saturated rings. The van der Waals surface area contributed by atoms with Crippen LogP contribution in [0.25, 0.3) is 0 Å². The molecule has 0 aromatic heterocycles. The van der Waals surface area contributed by atoms with E-state index in [-0.39, 0.29) is 18.9 Å². The largest absolute Gasteiger partial charge is 0.396 e. The van der Waals surface area contributed by atoms with Crippen LogP contribution in [0, 0.1) is 17.2 Å². The number of nitriles is 1. The first-order valence-corrected chi connectivity index (χ1v) is 5.09. The molecule has 0 aliphatic heterocycles. The summed E-state index contributed by atoms with van der Waals surface area (Å²) in [4.78, 5) is 0. The molecule has 0 bridgehead atoms. The highest BCUT2D eigenvalue weighted by atomic mass is 32.2. The van der Waals surface area contributed by atoms with Gasteiger partial charge in [0.1, 0.15) is 0 Å². The Morgan fingerprint density at radius 3 is 2.45 bits per heavy atom. The summed E-state index contributed by atoms with van der Waals surface area (Å²) in [7, 11) is -3.32. The number of aliphatic hydroxyl groups is 1. The lowest BCUT2D eigenvalue weighted by Crippen LogP contribution is -2.23. The second-order valence-corrected chi connectivity index (χ2v) is 5.13. The minimum Gasteiger partial charge on any atom is -0.396 e. The van der Waals surface area contributed by atoms with Gasteiger partial charge in [-0.15, -0.1) is 0 Å². The van der Waals surface area contributed by atoms with Crippen molar-refractivity contribution in [2.45, 2.75) is 11.2 Å². The molecule has 0 amide bonds. The van der Waals surface area contributed by atoms with Crippen LogP contribution in [0.2, 0.25) is 0 Å². The summed E-state index contributed by atoms with van der Waals surface area (Å²) in [6.07, 6.45) is 1.31. The van der Waals surface area contributed by atoms with Crippen LogP contribution in [-0.4, -0.2) is 31.1 Å². The average Bonchev–Trinajstić information content (AvgIpc) is 2.60. The van der Waals surface area contributed by atoms with Crippen molar-refractivity contribution in [2.24, 2.45) is 5.92 Å². The summed E-state index contributed by atoms with van der Waals surface area (Å²) in [5.74, 6) is -0.373. The van der Waals surface area contributed by atoms with E-state index < -0.39 is 14.6 Å². The van der Waals surface area contributed by atoms with Crippen LogP contribution in [0.3, 0.4) is 0 Å². The predicted molar refractivity (Wildman–Crippen MR) is 38.4 cm³/mol. The lowest BCUT2D eigenvalue weighted by Gasteiger charge is -2.02. The van der Waals surface area contributed by atoms with Gasteiger partial charge in [0.15, 0.2) is 14.6 Å². The number of sulfone groups is 1. The van der Waals surface area contributed by atoms with Gasteiger partial charge in [-0.3, -0.25) is 0 Å². The highest BCUT2D eigenvalue weighted by molar-refractivity contribution is 7.92. The molecule has 1 N–H and O–H groups in total. The minimum absolute atomic E-state index is 0.222. The summed E-state index contributed by atoms with van der Waals surface area (Å²) in [5, 5.41) is 17.2. The minimum atomic E-state index is -3.32. The molecule has 0 radical (unpaired) electrons. The van der Waals surface area contributed by atoms with Gasteiger partial charge in [0.2, 0.25) is 0 Å². The van der Waals surface area contributed by atoms with E-state index in [0.717, 1.165) is 6.26 Å². The van der Waals surface area contributed by atoms with Gasteiger partial charge in [0.25, 0.3) is 0 Å². The molecule has 1 saturated carbocycles. The Bertz CT molecular complexity index is 302. The fourth-order valence-electron chi connectivity index (χ4n) is 1.19. The maximum atomic E-state index is 11.0. The van der Waals surface area contributed by atoms with Crippen molar-refractivity contribution in [2.75, 3.05) is 12.9 Å². The van der Waals surface area contributed by atoms with Gasteiger partial charge >= 0.3 is 0 Å². The Kier molecular flexibility index (Phi) is 1.69. The Balaban J connectivity index is 2.96. The van der Waals surface area contributed by atoms with E-state index in [9.17, 15) is 8.42 Å². The number of hydrogen-bond acceptors (Lipinski definition) is 4. The molecule has 0 heterocycles. The Morgan fingerprint density at radius 2 is 2.36 bits per heavy atom. The molecule has 0 aromatic carbocycles. The van der Waals surface area contributed by atoms with Gasteiger partial charge in [0.05, 0.1) is 6.07 Å². The van der Waals surface area contributed by atoms with E-state index in [0.29, 0.717) is 0 Å². The third-order valence-electron chi connectivity index (χ3n) is 2.12. The third-order valence-corrected chi connectivity index (χ3v) is 4.03. The van der Waals surface area contributed by atoms with Crippen molar-refractivity contribution in [3.63, 3.8) is 0 Å². The summed E-state index contributed by atoms with van der Waals surface area (Å²) >= 11 is 0. The molecule has 4 nitrogen and oxygen atoms in total. The van der Waals surface area contributed by atoms with Crippen molar-refractivity contribution in [3.05, 3.63) is 0 Å². The monoisotopic (exact) mass is 175 g/mol. The van der Waals surface area contributed by atoms with E-state index >= 15 is 0 Å². The fourth-order valence-corrected chi connectivity index (χ4v) is 2.54. The average molecular weight is 175 g/mol. The lowest BCUT2D eigenvalue weighted by atomic mass is 10.3. The molecule has 0 spiro atoms. The molecule has 11 heavy (non-hydrogen) atoms. The Labute approximate surface area is 65.4 Å². The zero-order valence-electron chi connectivity index (χ0n) is 6.11. The van der Waals surface area contributed by atoms with Gasteiger partial charge in [0, 0.05) is 18.8 Å². The van der Waals surface area contributed by atoms with Gasteiger partial charge in [-0.05, 0) is 6.42 Å². The van der Waals surface area contributed by atoms with E-state index in [1.807, 2.05) is 0 Å². The normalized spacial score (nSPS) is 36.3. The summed E-state index contributed by atoms with van der Waals surface area (Å²) in [6, 6.07) is 1.75. The molecule has 1 rings (SSSR count). The quantitative estimate of drug-likeness (QED) is 0.602. The molecule has 2 unspecified atom stereocenters. The highest BCUT2D eigenvalue weighted by Crippen LogP contribution is 2.48. The molecule has 62 valence electrons. The van der Waals surface area contributed by atoms with Crippen molar-refractivity contribution < 1.29 is 13.5 Å². The van der Waals surface area contributed by atoms with Gasteiger partial charge in [-0.25, -0.2) is 8.42 Å². The first kappa shape index (κ1) is 8.50. The standard InChI is InChI=1S/C6H9NO3S/c1-11(9,10)6(4-7)2-5(6)3-8/h5,8H,2-3H2,1H3. The van der Waals surface area contributed by atoms with E-state index in [1.165, 1.54) is 0 Å². The van der Waals surface area contributed by atoms with Gasteiger partial charge < -0.3 is 5.11 Å². The van der Waals surface area contributed by atoms with Crippen molar-refractivity contribution >= 4 is 9.84 Å². The maximum Gasteiger partial charge on any atom is 0.166 e. The lowest BCUT2D eigenvalue weighted by molar-refractivity contribution is 0.274. The maximum absolute atomic E-state index is 11.0. The number of aliphatic hydroxyl groups excluding tert-OH is 1. The van der Waals surface area contributed by atoms with Crippen LogP contribution in [-0.2, 0) is 9.84 Å². The fraction of sp³-hybridized carbons (Fsp3) is 0.833. The molecule has 0 aromatic rings. The SMILES string of the molecule is CS(=O)(=O)C1(C#N)CC1CO. The van der Waals surface area contributed by atoms with E-state index in [2.05, 4.69) is 0 Å². The van der Waals surface area contributed by atoms with Crippen LogP contribution < -0.4 is 0 Å². The van der Waals surface area contributed by atoms with Crippen LogP contribution >= 0.6 is 0 Å². The molecule has 1 aliphatic carbocycles. The van der Waals surface area contributed by atoms with Crippen LogP contribution in [0.1, 0.15) is 6.42 Å². The van der Waals surface area contributed by atoms with Crippen LogP contribution in [0.15, 0.2) is 0 Å². The van der Waals surface area contributed by atoms with Crippen molar-refractivity contribution in [3.8, 4) is 6.07 Å². The van der Waals surface area contributed by atoms with Crippen LogP contribution in [0.5, 0.6) is 0 Å².